The molecule has 1 aromatic heterocycles. The number of alkyl halides is 2. The Balaban J connectivity index is 1.93. The van der Waals surface area contributed by atoms with Gasteiger partial charge < -0.3 is 0 Å². The third kappa shape index (κ3) is 2.67. The normalized spacial score (nSPS) is 23.9. The van der Waals surface area contributed by atoms with Gasteiger partial charge in [-0.3, -0.25) is 4.57 Å². The van der Waals surface area contributed by atoms with Crippen molar-refractivity contribution in [1.29, 1.82) is 0 Å². The maximum absolute atomic E-state index is 13.2. The van der Waals surface area contributed by atoms with Gasteiger partial charge in [0.15, 0.2) is 0 Å². The summed E-state index contributed by atoms with van der Waals surface area (Å²) in [6, 6.07) is 0.0333. The van der Waals surface area contributed by atoms with Gasteiger partial charge in [0.2, 0.25) is 5.92 Å². The molecule has 2 saturated carbocycles. The molecule has 0 bridgehead atoms. The van der Waals surface area contributed by atoms with Crippen molar-refractivity contribution in [3.05, 3.63) is 5.82 Å². The van der Waals surface area contributed by atoms with Crippen LogP contribution in [0.15, 0.2) is 5.16 Å². The van der Waals surface area contributed by atoms with E-state index in [-0.39, 0.29) is 30.0 Å². The Hall–Kier alpha value is -0.760. The number of nitrogens with zero attached hydrogens (tertiary/aromatic N) is 3. The molecule has 5 nitrogen and oxygen atoms in total. The summed E-state index contributed by atoms with van der Waals surface area (Å²) in [4.78, 5) is 0. The van der Waals surface area contributed by atoms with Crippen molar-refractivity contribution in [2.75, 3.05) is 0 Å². The van der Waals surface area contributed by atoms with Gasteiger partial charge in [-0.25, -0.2) is 17.2 Å². The van der Waals surface area contributed by atoms with Crippen LogP contribution in [-0.2, 0) is 9.05 Å². The molecule has 3 rings (SSSR count). The second-order valence-corrected chi connectivity index (χ2v) is 7.97. The highest BCUT2D eigenvalue weighted by molar-refractivity contribution is 8.13. The molecule has 0 aromatic carbocycles. The first-order chi connectivity index (χ1) is 9.28. The highest BCUT2D eigenvalue weighted by Gasteiger charge is 2.40. The van der Waals surface area contributed by atoms with Crippen LogP contribution in [0.25, 0.3) is 0 Å². The molecule has 0 aliphatic heterocycles. The average Bonchev–Trinajstić information content (AvgIpc) is 3.07. The van der Waals surface area contributed by atoms with Crippen molar-refractivity contribution in [3.8, 4) is 0 Å². The zero-order valence-corrected chi connectivity index (χ0v) is 12.2. The number of rotatable bonds is 3. The van der Waals surface area contributed by atoms with Crippen LogP contribution >= 0.6 is 10.7 Å². The predicted molar refractivity (Wildman–Crippen MR) is 67.5 cm³/mol. The van der Waals surface area contributed by atoms with Crippen LogP contribution in [0.1, 0.15) is 56.3 Å². The molecule has 112 valence electrons. The Labute approximate surface area is 119 Å². The molecule has 1 aromatic rings. The second-order valence-electron chi connectivity index (χ2n) is 5.51. The molecule has 0 N–H and O–H groups in total. The molecule has 0 saturated heterocycles. The largest absolute Gasteiger partial charge is 0.297 e. The van der Waals surface area contributed by atoms with E-state index in [1.165, 1.54) is 4.57 Å². The highest BCUT2D eigenvalue weighted by Crippen LogP contribution is 2.44. The molecule has 0 spiro atoms. The van der Waals surface area contributed by atoms with Crippen LogP contribution in [-0.4, -0.2) is 29.1 Å². The van der Waals surface area contributed by atoms with Gasteiger partial charge in [0.05, 0.1) is 0 Å². The van der Waals surface area contributed by atoms with Gasteiger partial charge in [0.25, 0.3) is 14.2 Å². The smallest absolute Gasteiger partial charge is 0.296 e. The fourth-order valence-electron chi connectivity index (χ4n) is 2.71. The van der Waals surface area contributed by atoms with E-state index in [1.54, 1.807) is 0 Å². The monoisotopic (exact) mass is 325 g/mol. The third-order valence-electron chi connectivity index (χ3n) is 3.90. The molecular formula is C11H14ClF2N3O2S. The fourth-order valence-corrected chi connectivity index (χ4v) is 3.64. The van der Waals surface area contributed by atoms with Crippen LogP contribution in [0.5, 0.6) is 0 Å². The summed E-state index contributed by atoms with van der Waals surface area (Å²) in [6.45, 7) is 0. The number of aromatic nitrogens is 3. The van der Waals surface area contributed by atoms with Gasteiger partial charge in [-0.2, -0.15) is 0 Å². The molecule has 2 fully saturated rings. The third-order valence-corrected chi connectivity index (χ3v) is 5.03. The van der Waals surface area contributed by atoms with Crippen LogP contribution in [0, 0.1) is 0 Å². The van der Waals surface area contributed by atoms with Crippen molar-refractivity contribution in [1.82, 2.24) is 14.8 Å². The molecule has 0 atom stereocenters. The molecule has 2 aliphatic carbocycles. The Morgan fingerprint density at radius 1 is 1.15 bits per heavy atom. The number of halogens is 3. The van der Waals surface area contributed by atoms with Crippen molar-refractivity contribution >= 4 is 19.7 Å². The Kier molecular flexibility index (Phi) is 3.28. The van der Waals surface area contributed by atoms with E-state index in [4.69, 9.17) is 10.7 Å². The zero-order valence-electron chi connectivity index (χ0n) is 10.6. The van der Waals surface area contributed by atoms with E-state index in [0.29, 0.717) is 18.7 Å². The quantitative estimate of drug-likeness (QED) is 0.802. The van der Waals surface area contributed by atoms with Gasteiger partial charge in [-0.15, -0.1) is 10.2 Å². The molecule has 20 heavy (non-hydrogen) atoms. The van der Waals surface area contributed by atoms with Crippen LogP contribution in [0.2, 0.25) is 0 Å². The van der Waals surface area contributed by atoms with Crippen molar-refractivity contribution < 1.29 is 17.2 Å². The first kappa shape index (κ1) is 14.2. The van der Waals surface area contributed by atoms with Crippen molar-refractivity contribution in [2.24, 2.45) is 0 Å². The van der Waals surface area contributed by atoms with Gasteiger partial charge >= 0.3 is 0 Å². The topological polar surface area (TPSA) is 64.8 Å². The maximum atomic E-state index is 13.2. The zero-order chi connectivity index (χ0) is 14.5. The van der Waals surface area contributed by atoms with Crippen molar-refractivity contribution in [3.63, 3.8) is 0 Å². The van der Waals surface area contributed by atoms with Crippen LogP contribution < -0.4 is 0 Å². The molecule has 0 amide bonds. The first-order valence-corrected chi connectivity index (χ1v) is 8.86. The lowest BCUT2D eigenvalue weighted by Gasteiger charge is -2.27. The van der Waals surface area contributed by atoms with E-state index in [1.807, 2.05) is 0 Å². The lowest BCUT2D eigenvalue weighted by molar-refractivity contribution is -0.0390. The number of hydrogen-bond donors (Lipinski definition) is 0. The molecule has 2 aliphatic rings. The summed E-state index contributed by atoms with van der Waals surface area (Å²) in [6.07, 6.45) is 1.87. The minimum absolute atomic E-state index is 0.0333. The first-order valence-electron chi connectivity index (χ1n) is 6.55. The van der Waals surface area contributed by atoms with E-state index < -0.39 is 15.0 Å². The van der Waals surface area contributed by atoms with Gasteiger partial charge in [0.1, 0.15) is 5.82 Å². The molecule has 1 heterocycles. The number of hydrogen-bond acceptors (Lipinski definition) is 4. The summed E-state index contributed by atoms with van der Waals surface area (Å²) in [5.74, 6) is -2.31. The molecular weight excluding hydrogens is 312 g/mol. The Bertz CT molecular complexity index is 618. The van der Waals surface area contributed by atoms with E-state index in [9.17, 15) is 17.2 Å². The predicted octanol–water partition coefficient (Wildman–Crippen LogP) is 2.83. The van der Waals surface area contributed by atoms with Crippen LogP contribution in [0.3, 0.4) is 0 Å². The highest BCUT2D eigenvalue weighted by atomic mass is 35.7. The summed E-state index contributed by atoms with van der Waals surface area (Å²) in [5.41, 5.74) is 0. The standard InChI is InChI=1S/C11H14ClF2N3O2S/c12-20(18,19)10-16-15-9(17(10)8-1-2-8)7-3-5-11(13,14)6-4-7/h7-8H,1-6H2. The second kappa shape index (κ2) is 4.62. The fraction of sp³-hybridized carbons (Fsp3) is 0.818. The maximum Gasteiger partial charge on any atom is 0.296 e. The molecule has 0 radical (unpaired) electrons. The Morgan fingerprint density at radius 2 is 1.75 bits per heavy atom. The lowest BCUT2D eigenvalue weighted by atomic mass is 9.86. The lowest BCUT2D eigenvalue weighted by Crippen LogP contribution is -2.25. The summed E-state index contributed by atoms with van der Waals surface area (Å²) in [5, 5.41) is 7.33. The van der Waals surface area contributed by atoms with Gasteiger partial charge in [-0.05, 0) is 25.7 Å². The van der Waals surface area contributed by atoms with E-state index in [0.717, 1.165) is 12.8 Å². The van der Waals surface area contributed by atoms with Crippen LogP contribution in [0.4, 0.5) is 8.78 Å². The summed E-state index contributed by atoms with van der Waals surface area (Å²) >= 11 is 0. The minimum atomic E-state index is -3.97. The average molecular weight is 326 g/mol. The van der Waals surface area contributed by atoms with Crippen molar-refractivity contribution in [2.45, 2.75) is 61.6 Å². The SMILES string of the molecule is O=S(=O)(Cl)c1nnc(C2CCC(F)(F)CC2)n1C1CC1. The minimum Gasteiger partial charge on any atom is -0.297 e. The van der Waals surface area contributed by atoms with E-state index in [2.05, 4.69) is 10.2 Å². The molecule has 0 unspecified atom stereocenters. The van der Waals surface area contributed by atoms with Gasteiger partial charge in [0, 0.05) is 35.5 Å². The molecule has 9 heteroatoms. The Morgan fingerprint density at radius 3 is 2.25 bits per heavy atom. The summed E-state index contributed by atoms with van der Waals surface area (Å²) < 4.78 is 51.0. The van der Waals surface area contributed by atoms with E-state index >= 15 is 0 Å². The summed E-state index contributed by atoms with van der Waals surface area (Å²) in [7, 11) is 1.40. The van der Waals surface area contributed by atoms with Gasteiger partial charge in [-0.1, -0.05) is 0 Å².